The molecule has 0 aromatic carbocycles. The number of rotatable bonds is 6. The second kappa shape index (κ2) is 5.41. The minimum absolute atomic E-state index is 0.00118. The second-order valence-electron chi connectivity index (χ2n) is 3.54. The van der Waals surface area contributed by atoms with Gasteiger partial charge in [-0.1, -0.05) is 10.8 Å². The first-order chi connectivity index (χ1) is 7.13. The molecule has 0 atom stereocenters. The Morgan fingerprint density at radius 2 is 2.33 bits per heavy atom. The molecule has 5 nitrogen and oxygen atoms in total. The van der Waals surface area contributed by atoms with Crippen LogP contribution in [0.3, 0.4) is 0 Å². The molecule has 1 aromatic rings. The van der Waals surface area contributed by atoms with E-state index in [1.54, 1.807) is 10.9 Å². The Morgan fingerprint density at radius 1 is 1.60 bits per heavy atom. The van der Waals surface area contributed by atoms with Gasteiger partial charge in [-0.2, -0.15) is 0 Å². The Balaban J connectivity index is 2.54. The molecule has 1 rings (SSSR count). The molecule has 0 amide bonds. The van der Waals surface area contributed by atoms with Crippen molar-refractivity contribution in [1.29, 1.82) is 0 Å². The van der Waals surface area contributed by atoms with Gasteiger partial charge in [0, 0.05) is 13.0 Å². The fourth-order valence-electron chi connectivity index (χ4n) is 1.12. The average molecular weight is 208 g/mol. The van der Waals surface area contributed by atoms with Crippen molar-refractivity contribution in [3.8, 4) is 0 Å². The zero-order valence-electron chi connectivity index (χ0n) is 8.94. The zero-order chi connectivity index (χ0) is 11.3. The predicted molar refractivity (Wildman–Crippen MR) is 57.5 cm³/mol. The average Bonchev–Trinajstić information content (AvgIpc) is 2.63. The second-order valence-corrected chi connectivity index (χ2v) is 3.54. The van der Waals surface area contributed by atoms with E-state index in [4.69, 9.17) is 5.73 Å². The van der Waals surface area contributed by atoms with Gasteiger partial charge in [-0.25, -0.2) is 0 Å². The van der Waals surface area contributed by atoms with Crippen molar-refractivity contribution in [1.82, 2.24) is 15.0 Å². The highest BCUT2D eigenvalue weighted by molar-refractivity contribution is 5.93. The molecule has 0 radical (unpaired) electrons. The van der Waals surface area contributed by atoms with Crippen molar-refractivity contribution in [3.05, 3.63) is 24.0 Å². The van der Waals surface area contributed by atoms with Gasteiger partial charge in [0.25, 0.3) is 0 Å². The topological polar surface area (TPSA) is 73.8 Å². The van der Waals surface area contributed by atoms with E-state index >= 15 is 0 Å². The van der Waals surface area contributed by atoms with Crippen LogP contribution in [-0.2, 0) is 6.54 Å². The molecule has 2 N–H and O–H groups in total. The number of allylic oxidation sites excluding steroid dienone is 1. The molecular weight excluding hydrogens is 192 g/mol. The van der Waals surface area contributed by atoms with Gasteiger partial charge in [0.15, 0.2) is 5.78 Å². The number of nitrogens with two attached hydrogens (primary N) is 1. The minimum atomic E-state index is 0.00118. The monoisotopic (exact) mass is 208 g/mol. The molecule has 0 saturated heterocycles. The summed E-state index contributed by atoms with van der Waals surface area (Å²) >= 11 is 0. The van der Waals surface area contributed by atoms with Gasteiger partial charge in [-0.05, 0) is 13.3 Å². The molecule has 15 heavy (non-hydrogen) atoms. The highest BCUT2D eigenvalue weighted by Gasteiger charge is 2.09. The third-order valence-corrected chi connectivity index (χ3v) is 1.96. The van der Waals surface area contributed by atoms with E-state index < -0.39 is 0 Å². The van der Waals surface area contributed by atoms with Gasteiger partial charge < -0.3 is 5.73 Å². The summed E-state index contributed by atoms with van der Waals surface area (Å²) in [6, 6.07) is 0. The Bertz CT molecular complexity index is 356. The molecule has 0 aliphatic heterocycles. The summed E-state index contributed by atoms with van der Waals surface area (Å²) in [5.41, 5.74) is 6.76. The SMILES string of the molecule is C=C(C)CCC(=O)c1cn(CCN)nn1. The lowest BCUT2D eigenvalue weighted by Crippen LogP contribution is -2.10. The summed E-state index contributed by atoms with van der Waals surface area (Å²) in [6.07, 6.45) is 2.77. The van der Waals surface area contributed by atoms with Crippen LogP contribution in [0.1, 0.15) is 30.3 Å². The van der Waals surface area contributed by atoms with Gasteiger partial charge in [-0.3, -0.25) is 9.48 Å². The lowest BCUT2D eigenvalue weighted by Gasteiger charge is -1.96. The molecular formula is C10H16N4O. The summed E-state index contributed by atoms with van der Waals surface area (Å²) in [5.74, 6) is 0.00118. The van der Waals surface area contributed by atoms with Crippen molar-refractivity contribution >= 4 is 5.78 Å². The van der Waals surface area contributed by atoms with Crippen molar-refractivity contribution < 1.29 is 4.79 Å². The number of hydrogen-bond acceptors (Lipinski definition) is 4. The first kappa shape index (κ1) is 11.6. The molecule has 0 aliphatic rings. The maximum absolute atomic E-state index is 11.6. The van der Waals surface area contributed by atoms with E-state index in [-0.39, 0.29) is 5.78 Å². The Kier molecular flexibility index (Phi) is 4.17. The quantitative estimate of drug-likeness (QED) is 0.553. The smallest absolute Gasteiger partial charge is 0.185 e. The van der Waals surface area contributed by atoms with E-state index in [1.807, 2.05) is 6.92 Å². The summed E-state index contributed by atoms with van der Waals surface area (Å²) < 4.78 is 1.58. The molecule has 0 unspecified atom stereocenters. The molecule has 5 heteroatoms. The third kappa shape index (κ3) is 3.63. The van der Waals surface area contributed by atoms with Gasteiger partial charge in [-0.15, -0.1) is 11.7 Å². The molecule has 0 spiro atoms. The molecule has 82 valence electrons. The third-order valence-electron chi connectivity index (χ3n) is 1.96. The zero-order valence-corrected chi connectivity index (χ0v) is 8.94. The predicted octanol–water partition coefficient (Wildman–Crippen LogP) is 0.776. The van der Waals surface area contributed by atoms with Gasteiger partial charge in [0.2, 0.25) is 0 Å². The summed E-state index contributed by atoms with van der Waals surface area (Å²) in [6.45, 7) is 6.72. The molecule has 0 fully saturated rings. The number of aromatic nitrogens is 3. The lowest BCUT2D eigenvalue weighted by molar-refractivity contribution is 0.0978. The largest absolute Gasteiger partial charge is 0.329 e. The minimum Gasteiger partial charge on any atom is -0.329 e. The fraction of sp³-hybridized carbons (Fsp3) is 0.500. The Morgan fingerprint density at radius 3 is 2.93 bits per heavy atom. The van der Waals surface area contributed by atoms with Crippen molar-refractivity contribution in [3.63, 3.8) is 0 Å². The molecule has 1 aromatic heterocycles. The van der Waals surface area contributed by atoms with Crippen LogP contribution >= 0.6 is 0 Å². The highest BCUT2D eigenvalue weighted by Crippen LogP contribution is 2.06. The van der Waals surface area contributed by atoms with E-state index in [0.29, 0.717) is 31.6 Å². The normalized spacial score (nSPS) is 10.3. The molecule has 1 heterocycles. The van der Waals surface area contributed by atoms with Gasteiger partial charge >= 0.3 is 0 Å². The number of carbonyl (C=O) groups is 1. The van der Waals surface area contributed by atoms with Crippen LogP contribution in [0.2, 0.25) is 0 Å². The standard InChI is InChI=1S/C10H16N4O/c1-8(2)3-4-10(15)9-7-14(6-5-11)13-12-9/h7H,1,3-6,11H2,2H3. The van der Waals surface area contributed by atoms with Crippen molar-refractivity contribution in [2.24, 2.45) is 5.73 Å². The first-order valence-corrected chi connectivity index (χ1v) is 4.91. The lowest BCUT2D eigenvalue weighted by atomic mass is 10.1. The number of Topliss-reactive ketones (excluding diaryl/α,β-unsaturated/α-hetero) is 1. The number of hydrogen-bond donors (Lipinski definition) is 1. The Hall–Kier alpha value is -1.49. The maximum atomic E-state index is 11.6. The van der Waals surface area contributed by atoms with Crippen molar-refractivity contribution in [2.75, 3.05) is 6.54 Å². The molecule has 0 bridgehead atoms. The van der Waals surface area contributed by atoms with Crippen LogP contribution in [0.4, 0.5) is 0 Å². The van der Waals surface area contributed by atoms with Crippen molar-refractivity contribution in [2.45, 2.75) is 26.3 Å². The first-order valence-electron chi connectivity index (χ1n) is 4.91. The Labute approximate surface area is 89.0 Å². The van der Waals surface area contributed by atoms with Gasteiger partial charge in [0.1, 0.15) is 5.69 Å². The van der Waals surface area contributed by atoms with Crippen LogP contribution in [0.5, 0.6) is 0 Å². The summed E-state index contributed by atoms with van der Waals surface area (Å²) in [7, 11) is 0. The molecule has 0 aliphatic carbocycles. The van der Waals surface area contributed by atoms with E-state index in [9.17, 15) is 4.79 Å². The number of carbonyl (C=O) groups excluding carboxylic acids is 1. The summed E-state index contributed by atoms with van der Waals surface area (Å²) in [4.78, 5) is 11.6. The summed E-state index contributed by atoms with van der Waals surface area (Å²) in [5, 5.41) is 7.59. The van der Waals surface area contributed by atoms with Gasteiger partial charge in [0.05, 0.1) is 12.7 Å². The van der Waals surface area contributed by atoms with Crippen LogP contribution in [-0.4, -0.2) is 27.3 Å². The van der Waals surface area contributed by atoms with E-state index in [1.165, 1.54) is 0 Å². The number of ketones is 1. The fourth-order valence-corrected chi connectivity index (χ4v) is 1.12. The number of nitrogens with zero attached hydrogens (tertiary/aromatic N) is 3. The van der Waals surface area contributed by atoms with E-state index in [2.05, 4.69) is 16.9 Å². The van der Waals surface area contributed by atoms with Crippen LogP contribution in [0.15, 0.2) is 18.3 Å². The molecule has 0 saturated carbocycles. The van der Waals surface area contributed by atoms with Crippen LogP contribution in [0.25, 0.3) is 0 Å². The van der Waals surface area contributed by atoms with E-state index in [0.717, 1.165) is 5.57 Å². The van der Waals surface area contributed by atoms with Crippen LogP contribution in [0, 0.1) is 0 Å². The highest BCUT2D eigenvalue weighted by atomic mass is 16.1. The van der Waals surface area contributed by atoms with Crippen LogP contribution < -0.4 is 5.73 Å². The maximum Gasteiger partial charge on any atom is 0.185 e.